The maximum atomic E-state index is 12.9. The molecular weight excluding hydrogens is 387 g/mol. The second-order valence-electron chi connectivity index (χ2n) is 6.17. The number of halogens is 4. The van der Waals surface area contributed by atoms with Gasteiger partial charge < -0.3 is 15.0 Å². The molecule has 0 amide bonds. The zero-order chi connectivity index (χ0) is 17.3. The Morgan fingerprint density at radius 2 is 2.17 bits per heavy atom. The van der Waals surface area contributed by atoms with Crippen molar-refractivity contribution in [2.75, 3.05) is 6.54 Å². The normalized spacial score (nSPS) is 22.2. The number of nitrogens with zero attached hydrogens (tertiary/aromatic N) is 2. The minimum absolute atomic E-state index is 0.0915. The molecule has 1 aliphatic heterocycles. The molecule has 0 spiro atoms. The predicted molar refractivity (Wildman–Crippen MR) is 88.7 cm³/mol. The van der Waals surface area contributed by atoms with E-state index in [9.17, 15) is 18.3 Å². The van der Waals surface area contributed by atoms with E-state index in [1.807, 2.05) is 4.57 Å². The van der Waals surface area contributed by atoms with Crippen LogP contribution in [0.25, 0.3) is 11.0 Å². The van der Waals surface area contributed by atoms with Gasteiger partial charge in [0.2, 0.25) is 0 Å². The molecule has 2 N–H and O–H groups in total. The van der Waals surface area contributed by atoms with E-state index in [1.54, 1.807) is 6.33 Å². The monoisotopic (exact) mass is 405 g/mol. The standard InChI is InChI=1S/C16H19BrF3N3O/c17-11-7-10(16(18,19)20)8-13-15(11)23(9-22-13)6-2-3-12-14(24)4-1-5-21-12/h7-9,12,14,21,24H,1-6H2/t12-,14+/m1/s1. The minimum atomic E-state index is -4.39. The molecule has 2 atom stereocenters. The van der Waals surface area contributed by atoms with Crippen molar-refractivity contribution in [3.05, 3.63) is 28.5 Å². The smallest absolute Gasteiger partial charge is 0.392 e. The topological polar surface area (TPSA) is 50.1 Å². The van der Waals surface area contributed by atoms with Gasteiger partial charge in [-0.25, -0.2) is 4.98 Å². The summed E-state index contributed by atoms with van der Waals surface area (Å²) in [6.07, 6.45) is 0.297. The number of aliphatic hydroxyl groups is 1. The number of alkyl halides is 3. The molecule has 0 unspecified atom stereocenters. The fourth-order valence-corrected chi connectivity index (χ4v) is 3.88. The first-order valence-electron chi connectivity index (χ1n) is 7.99. The molecule has 4 nitrogen and oxygen atoms in total. The summed E-state index contributed by atoms with van der Waals surface area (Å²) in [5, 5.41) is 13.3. The van der Waals surface area contributed by atoms with E-state index in [1.165, 1.54) is 0 Å². The van der Waals surface area contributed by atoms with Crippen LogP contribution >= 0.6 is 15.9 Å². The molecule has 24 heavy (non-hydrogen) atoms. The fraction of sp³-hybridized carbons (Fsp3) is 0.562. The molecule has 1 fully saturated rings. The number of imidazole rings is 1. The molecule has 8 heteroatoms. The maximum Gasteiger partial charge on any atom is 0.416 e. The van der Waals surface area contributed by atoms with Gasteiger partial charge in [-0.05, 0) is 60.3 Å². The van der Waals surface area contributed by atoms with E-state index < -0.39 is 11.7 Å². The van der Waals surface area contributed by atoms with Crippen molar-refractivity contribution in [3.63, 3.8) is 0 Å². The van der Waals surface area contributed by atoms with Crippen molar-refractivity contribution >= 4 is 27.0 Å². The van der Waals surface area contributed by atoms with Crippen LogP contribution in [0.4, 0.5) is 13.2 Å². The van der Waals surface area contributed by atoms with E-state index in [4.69, 9.17) is 0 Å². The number of aryl methyl sites for hydroxylation is 1. The highest BCUT2D eigenvalue weighted by atomic mass is 79.9. The van der Waals surface area contributed by atoms with Crippen LogP contribution in [-0.4, -0.2) is 33.3 Å². The van der Waals surface area contributed by atoms with Crippen LogP contribution < -0.4 is 5.32 Å². The summed E-state index contributed by atoms with van der Waals surface area (Å²) in [4.78, 5) is 4.10. The summed E-state index contributed by atoms with van der Waals surface area (Å²) in [6.45, 7) is 1.56. The maximum absolute atomic E-state index is 12.9. The van der Waals surface area contributed by atoms with Gasteiger partial charge in [0.25, 0.3) is 0 Å². The highest BCUT2D eigenvalue weighted by Gasteiger charge is 2.31. The van der Waals surface area contributed by atoms with Crippen LogP contribution in [0.2, 0.25) is 0 Å². The number of hydrogen-bond acceptors (Lipinski definition) is 3. The molecule has 0 saturated carbocycles. The highest BCUT2D eigenvalue weighted by Crippen LogP contribution is 2.35. The van der Waals surface area contributed by atoms with Crippen LogP contribution in [0.15, 0.2) is 22.9 Å². The lowest BCUT2D eigenvalue weighted by atomic mass is 9.97. The lowest BCUT2D eigenvalue weighted by molar-refractivity contribution is -0.137. The molecule has 0 aliphatic carbocycles. The zero-order valence-electron chi connectivity index (χ0n) is 13.0. The number of aromatic nitrogens is 2. The lowest BCUT2D eigenvalue weighted by Crippen LogP contribution is -2.44. The van der Waals surface area contributed by atoms with E-state index >= 15 is 0 Å². The van der Waals surface area contributed by atoms with Gasteiger partial charge in [-0.2, -0.15) is 13.2 Å². The summed E-state index contributed by atoms with van der Waals surface area (Å²) in [6, 6.07) is 2.25. The molecule has 1 aromatic carbocycles. The number of benzene rings is 1. The molecule has 1 aromatic heterocycles. The molecule has 0 radical (unpaired) electrons. The van der Waals surface area contributed by atoms with Crippen molar-refractivity contribution in [3.8, 4) is 0 Å². The molecule has 1 aliphatic rings. The van der Waals surface area contributed by atoms with Crippen molar-refractivity contribution in [1.82, 2.24) is 14.9 Å². The SMILES string of the molecule is O[C@H]1CCCN[C@@H]1CCCn1cnc2cc(C(F)(F)F)cc(Br)c21. The average Bonchev–Trinajstić information content (AvgIpc) is 2.92. The molecule has 3 rings (SSSR count). The zero-order valence-corrected chi connectivity index (χ0v) is 14.6. The van der Waals surface area contributed by atoms with Crippen molar-refractivity contribution in [2.45, 2.75) is 50.6 Å². The van der Waals surface area contributed by atoms with Gasteiger partial charge in [-0.3, -0.25) is 0 Å². The summed E-state index contributed by atoms with van der Waals surface area (Å²) in [5.74, 6) is 0. The van der Waals surface area contributed by atoms with Gasteiger partial charge in [0.1, 0.15) is 0 Å². The Kier molecular flexibility index (Phi) is 5.17. The first-order valence-corrected chi connectivity index (χ1v) is 8.78. The Bertz CT molecular complexity index is 716. The van der Waals surface area contributed by atoms with Gasteiger partial charge >= 0.3 is 6.18 Å². The Hall–Kier alpha value is -1.12. The third-order valence-corrected chi connectivity index (χ3v) is 5.06. The summed E-state index contributed by atoms with van der Waals surface area (Å²) in [5.41, 5.74) is 0.286. The van der Waals surface area contributed by atoms with Crippen molar-refractivity contribution in [2.24, 2.45) is 0 Å². The Balaban J connectivity index is 1.71. The number of nitrogens with one attached hydrogen (secondary N) is 1. The van der Waals surface area contributed by atoms with Crippen molar-refractivity contribution < 1.29 is 18.3 Å². The quantitative estimate of drug-likeness (QED) is 0.814. The second kappa shape index (κ2) is 7.01. The van der Waals surface area contributed by atoms with Crippen LogP contribution in [0, 0.1) is 0 Å². The molecule has 1 saturated heterocycles. The third-order valence-electron chi connectivity index (χ3n) is 4.46. The Morgan fingerprint density at radius 3 is 2.88 bits per heavy atom. The van der Waals surface area contributed by atoms with E-state index in [0.29, 0.717) is 22.1 Å². The van der Waals surface area contributed by atoms with E-state index in [0.717, 1.165) is 44.4 Å². The minimum Gasteiger partial charge on any atom is -0.392 e. The average molecular weight is 406 g/mol. The van der Waals surface area contributed by atoms with Crippen LogP contribution in [0.3, 0.4) is 0 Å². The van der Waals surface area contributed by atoms with E-state index in [-0.39, 0.29) is 12.1 Å². The predicted octanol–water partition coefficient (Wildman–Crippen LogP) is 3.71. The Morgan fingerprint density at radius 1 is 1.38 bits per heavy atom. The number of fused-ring (bicyclic) bond motifs is 1. The van der Waals surface area contributed by atoms with Gasteiger partial charge in [0.15, 0.2) is 0 Å². The van der Waals surface area contributed by atoms with E-state index in [2.05, 4.69) is 26.2 Å². The van der Waals surface area contributed by atoms with Crippen molar-refractivity contribution in [1.29, 1.82) is 0 Å². The molecule has 0 bridgehead atoms. The van der Waals surface area contributed by atoms with Gasteiger partial charge in [-0.1, -0.05) is 0 Å². The summed E-state index contributed by atoms with van der Waals surface area (Å²) < 4.78 is 40.8. The van der Waals surface area contributed by atoms with Crippen LogP contribution in [0.1, 0.15) is 31.2 Å². The summed E-state index contributed by atoms with van der Waals surface area (Å²) >= 11 is 3.24. The highest BCUT2D eigenvalue weighted by molar-refractivity contribution is 9.10. The van der Waals surface area contributed by atoms with Crippen LogP contribution in [0.5, 0.6) is 0 Å². The Labute approximate surface area is 146 Å². The second-order valence-corrected chi connectivity index (χ2v) is 7.03. The third kappa shape index (κ3) is 3.75. The van der Waals surface area contributed by atoms with Gasteiger partial charge in [0, 0.05) is 17.1 Å². The first kappa shape index (κ1) is 17.7. The molecule has 132 valence electrons. The number of hydrogen-bond donors (Lipinski definition) is 2. The molecular formula is C16H19BrF3N3O. The number of rotatable bonds is 4. The first-order chi connectivity index (χ1) is 11.4. The van der Waals surface area contributed by atoms with Gasteiger partial charge in [0.05, 0.1) is 29.0 Å². The van der Waals surface area contributed by atoms with Gasteiger partial charge in [-0.15, -0.1) is 0 Å². The number of aliphatic hydroxyl groups excluding tert-OH is 1. The summed E-state index contributed by atoms with van der Waals surface area (Å²) in [7, 11) is 0. The lowest BCUT2D eigenvalue weighted by Gasteiger charge is -2.29. The largest absolute Gasteiger partial charge is 0.416 e. The van der Waals surface area contributed by atoms with Crippen LogP contribution in [-0.2, 0) is 12.7 Å². The number of piperidine rings is 1. The molecule has 2 aromatic rings. The molecule has 2 heterocycles. The fourth-order valence-electron chi connectivity index (χ4n) is 3.20.